The lowest BCUT2D eigenvalue weighted by molar-refractivity contribution is 0.0945. The molecular weight excluding hydrogens is 232 g/mol. The third-order valence-electron chi connectivity index (χ3n) is 2.29. The van der Waals surface area contributed by atoms with Gasteiger partial charge in [-0.3, -0.25) is 4.79 Å². The number of anilines is 1. The van der Waals surface area contributed by atoms with Crippen LogP contribution >= 0.6 is 0 Å². The first-order valence-corrected chi connectivity index (χ1v) is 5.66. The number of furan rings is 1. The van der Waals surface area contributed by atoms with Gasteiger partial charge in [0.2, 0.25) is 0 Å². The summed E-state index contributed by atoms with van der Waals surface area (Å²) in [5.41, 5.74) is 1.20. The predicted molar refractivity (Wildman–Crippen MR) is 66.1 cm³/mol. The molecule has 2 rings (SSSR count). The molecule has 0 saturated carbocycles. The SMILES string of the molecule is CCNc1ccc(C(=O)NCc2ccoc2)nn1. The Morgan fingerprint density at radius 1 is 1.33 bits per heavy atom. The van der Waals surface area contributed by atoms with E-state index in [4.69, 9.17) is 4.42 Å². The Morgan fingerprint density at radius 2 is 2.22 bits per heavy atom. The minimum absolute atomic E-state index is 0.258. The van der Waals surface area contributed by atoms with Crippen LogP contribution in [0.4, 0.5) is 5.82 Å². The van der Waals surface area contributed by atoms with Crippen molar-refractivity contribution in [2.75, 3.05) is 11.9 Å². The van der Waals surface area contributed by atoms with Crippen LogP contribution in [0.1, 0.15) is 23.0 Å². The average molecular weight is 246 g/mol. The van der Waals surface area contributed by atoms with E-state index in [9.17, 15) is 4.79 Å². The van der Waals surface area contributed by atoms with Crippen molar-refractivity contribution in [1.82, 2.24) is 15.5 Å². The molecule has 6 nitrogen and oxygen atoms in total. The molecule has 0 aliphatic rings. The molecule has 2 heterocycles. The van der Waals surface area contributed by atoms with Crippen LogP contribution in [-0.4, -0.2) is 22.6 Å². The standard InChI is InChI=1S/C12H14N4O2/c1-2-13-11-4-3-10(15-16-11)12(17)14-7-9-5-6-18-8-9/h3-6,8H,2,7H2,1H3,(H,13,16)(H,14,17). The zero-order valence-corrected chi connectivity index (χ0v) is 10.0. The number of rotatable bonds is 5. The van der Waals surface area contributed by atoms with E-state index in [2.05, 4.69) is 20.8 Å². The van der Waals surface area contributed by atoms with E-state index in [0.29, 0.717) is 18.1 Å². The van der Waals surface area contributed by atoms with E-state index in [1.807, 2.05) is 6.92 Å². The molecule has 0 spiro atoms. The molecule has 2 aromatic rings. The van der Waals surface area contributed by atoms with Gasteiger partial charge in [-0.1, -0.05) is 0 Å². The Balaban J connectivity index is 1.92. The van der Waals surface area contributed by atoms with E-state index in [1.54, 1.807) is 30.7 Å². The molecular formula is C12H14N4O2. The van der Waals surface area contributed by atoms with Crippen molar-refractivity contribution in [2.24, 2.45) is 0 Å². The van der Waals surface area contributed by atoms with Crippen LogP contribution in [0.2, 0.25) is 0 Å². The van der Waals surface area contributed by atoms with Gasteiger partial charge in [-0.2, -0.15) is 0 Å². The van der Waals surface area contributed by atoms with Gasteiger partial charge in [0.15, 0.2) is 5.69 Å². The maximum absolute atomic E-state index is 11.7. The van der Waals surface area contributed by atoms with E-state index < -0.39 is 0 Å². The van der Waals surface area contributed by atoms with Crippen molar-refractivity contribution < 1.29 is 9.21 Å². The number of nitrogens with one attached hydrogen (secondary N) is 2. The molecule has 0 aliphatic carbocycles. The van der Waals surface area contributed by atoms with Crippen LogP contribution in [0.25, 0.3) is 0 Å². The fourth-order valence-electron chi connectivity index (χ4n) is 1.39. The lowest BCUT2D eigenvalue weighted by Gasteiger charge is -2.04. The third kappa shape index (κ3) is 3.07. The molecule has 0 unspecified atom stereocenters. The van der Waals surface area contributed by atoms with Crippen LogP contribution in [0.15, 0.2) is 35.1 Å². The quantitative estimate of drug-likeness (QED) is 0.834. The van der Waals surface area contributed by atoms with Gasteiger partial charge in [-0.25, -0.2) is 0 Å². The second kappa shape index (κ2) is 5.81. The number of carbonyl (C=O) groups excluding carboxylic acids is 1. The number of amides is 1. The second-order valence-electron chi connectivity index (χ2n) is 3.65. The lowest BCUT2D eigenvalue weighted by atomic mass is 10.3. The van der Waals surface area contributed by atoms with Crippen molar-refractivity contribution in [3.8, 4) is 0 Å². The molecule has 0 saturated heterocycles. The Bertz CT molecular complexity index is 493. The van der Waals surface area contributed by atoms with E-state index >= 15 is 0 Å². The minimum atomic E-state index is -0.258. The summed E-state index contributed by atoms with van der Waals surface area (Å²) in [6, 6.07) is 5.15. The van der Waals surface area contributed by atoms with E-state index in [1.165, 1.54) is 0 Å². The molecule has 0 aliphatic heterocycles. The fraction of sp³-hybridized carbons (Fsp3) is 0.250. The van der Waals surface area contributed by atoms with E-state index in [-0.39, 0.29) is 5.91 Å². The minimum Gasteiger partial charge on any atom is -0.472 e. The fourth-order valence-corrected chi connectivity index (χ4v) is 1.39. The van der Waals surface area contributed by atoms with Gasteiger partial charge in [-0.15, -0.1) is 10.2 Å². The van der Waals surface area contributed by atoms with Crippen molar-refractivity contribution >= 4 is 11.7 Å². The molecule has 0 aromatic carbocycles. The summed E-state index contributed by atoms with van der Waals surface area (Å²) in [6.07, 6.45) is 3.15. The summed E-state index contributed by atoms with van der Waals surface area (Å²) >= 11 is 0. The highest BCUT2D eigenvalue weighted by molar-refractivity contribution is 5.92. The zero-order chi connectivity index (χ0) is 12.8. The highest BCUT2D eigenvalue weighted by Crippen LogP contribution is 2.03. The van der Waals surface area contributed by atoms with Gasteiger partial charge in [0.1, 0.15) is 5.82 Å². The van der Waals surface area contributed by atoms with Crippen molar-refractivity contribution in [3.63, 3.8) is 0 Å². The van der Waals surface area contributed by atoms with Crippen molar-refractivity contribution in [3.05, 3.63) is 42.0 Å². The van der Waals surface area contributed by atoms with Gasteiger partial charge >= 0.3 is 0 Å². The second-order valence-corrected chi connectivity index (χ2v) is 3.65. The zero-order valence-electron chi connectivity index (χ0n) is 10.0. The summed E-state index contributed by atoms with van der Waals surface area (Å²) < 4.78 is 4.91. The Hall–Kier alpha value is -2.37. The Labute approximate surface area is 104 Å². The normalized spacial score (nSPS) is 10.1. The smallest absolute Gasteiger partial charge is 0.272 e. The third-order valence-corrected chi connectivity index (χ3v) is 2.29. The molecule has 0 fully saturated rings. The number of hydrogen-bond acceptors (Lipinski definition) is 5. The van der Waals surface area contributed by atoms with Crippen molar-refractivity contribution in [1.29, 1.82) is 0 Å². The lowest BCUT2D eigenvalue weighted by Crippen LogP contribution is -2.24. The van der Waals surface area contributed by atoms with Crippen LogP contribution in [0, 0.1) is 0 Å². The van der Waals surface area contributed by atoms with Gasteiger partial charge in [-0.05, 0) is 25.1 Å². The molecule has 6 heteroatoms. The molecule has 0 radical (unpaired) electrons. The monoisotopic (exact) mass is 246 g/mol. The van der Waals surface area contributed by atoms with Crippen LogP contribution in [-0.2, 0) is 6.54 Å². The summed E-state index contributed by atoms with van der Waals surface area (Å²) in [7, 11) is 0. The number of aromatic nitrogens is 2. The molecule has 18 heavy (non-hydrogen) atoms. The van der Waals surface area contributed by atoms with E-state index in [0.717, 1.165) is 12.1 Å². The maximum atomic E-state index is 11.7. The molecule has 2 aromatic heterocycles. The molecule has 1 amide bonds. The van der Waals surface area contributed by atoms with Gasteiger partial charge in [0.05, 0.1) is 12.5 Å². The molecule has 2 N–H and O–H groups in total. The largest absolute Gasteiger partial charge is 0.472 e. The molecule has 0 atom stereocenters. The first-order chi connectivity index (χ1) is 8.79. The Morgan fingerprint density at radius 3 is 2.83 bits per heavy atom. The average Bonchev–Trinajstić information content (AvgIpc) is 2.90. The van der Waals surface area contributed by atoms with Gasteiger partial charge in [0, 0.05) is 18.7 Å². The summed E-state index contributed by atoms with van der Waals surface area (Å²) in [4.78, 5) is 11.7. The van der Waals surface area contributed by atoms with Crippen LogP contribution < -0.4 is 10.6 Å². The molecule has 0 bridgehead atoms. The maximum Gasteiger partial charge on any atom is 0.272 e. The van der Waals surface area contributed by atoms with Crippen molar-refractivity contribution in [2.45, 2.75) is 13.5 Å². The topological polar surface area (TPSA) is 80.0 Å². The Kier molecular flexibility index (Phi) is 3.90. The first kappa shape index (κ1) is 12.1. The summed E-state index contributed by atoms with van der Waals surface area (Å²) in [5.74, 6) is 0.399. The predicted octanol–water partition coefficient (Wildman–Crippen LogP) is 1.43. The highest BCUT2D eigenvalue weighted by Gasteiger charge is 2.07. The van der Waals surface area contributed by atoms with Gasteiger partial charge in [0.25, 0.3) is 5.91 Å². The highest BCUT2D eigenvalue weighted by atomic mass is 16.3. The number of hydrogen-bond donors (Lipinski definition) is 2. The van der Waals surface area contributed by atoms with Crippen LogP contribution in [0.5, 0.6) is 0 Å². The number of carbonyl (C=O) groups is 1. The summed E-state index contributed by atoms with van der Waals surface area (Å²) in [5, 5.41) is 13.5. The first-order valence-electron chi connectivity index (χ1n) is 5.66. The van der Waals surface area contributed by atoms with Gasteiger partial charge < -0.3 is 15.1 Å². The van der Waals surface area contributed by atoms with Crippen LogP contribution in [0.3, 0.4) is 0 Å². The summed E-state index contributed by atoms with van der Waals surface area (Å²) in [6.45, 7) is 3.14. The molecule has 94 valence electrons. The number of nitrogens with zero attached hydrogens (tertiary/aromatic N) is 2.